The van der Waals surface area contributed by atoms with Crippen molar-refractivity contribution in [1.29, 1.82) is 0 Å². The molecule has 7 heteroatoms. The molecule has 0 radical (unpaired) electrons. The third-order valence-corrected chi connectivity index (χ3v) is 3.29. The van der Waals surface area contributed by atoms with Crippen molar-refractivity contribution in [1.82, 2.24) is 15.5 Å². The van der Waals surface area contributed by atoms with Gasteiger partial charge in [0.1, 0.15) is 6.04 Å². The Morgan fingerprint density at radius 1 is 1.42 bits per heavy atom. The number of anilines is 1. The quantitative estimate of drug-likeness (QED) is 0.639. The van der Waals surface area contributed by atoms with Crippen molar-refractivity contribution in [2.45, 2.75) is 40.2 Å². The van der Waals surface area contributed by atoms with Crippen molar-refractivity contribution in [2.75, 3.05) is 5.32 Å². The van der Waals surface area contributed by atoms with E-state index in [2.05, 4.69) is 20.8 Å². The Morgan fingerprint density at radius 2 is 2.05 bits per heavy atom. The van der Waals surface area contributed by atoms with E-state index in [0.29, 0.717) is 5.82 Å². The van der Waals surface area contributed by atoms with Crippen LogP contribution in [0.3, 0.4) is 0 Å². The number of carbonyl (C=O) groups excluding carboxylic acids is 2. The third kappa shape index (κ3) is 3.70. The number of nitrogens with one attached hydrogen (secondary N) is 3. The number of carbonyl (C=O) groups is 2. The van der Waals surface area contributed by atoms with Gasteiger partial charge in [-0.1, -0.05) is 20.3 Å². The van der Waals surface area contributed by atoms with Gasteiger partial charge in [-0.3, -0.25) is 9.89 Å². The van der Waals surface area contributed by atoms with E-state index >= 15 is 0 Å². The summed E-state index contributed by atoms with van der Waals surface area (Å²) in [5, 5.41) is 12.0. The topological polar surface area (TPSA) is 113 Å². The van der Waals surface area contributed by atoms with E-state index in [1.807, 2.05) is 27.7 Å². The van der Waals surface area contributed by atoms with Crippen molar-refractivity contribution >= 4 is 17.8 Å². The van der Waals surface area contributed by atoms with Gasteiger partial charge in [-0.25, -0.2) is 4.79 Å². The predicted octanol–water partition coefficient (Wildman–Crippen LogP) is 1.05. The van der Waals surface area contributed by atoms with Gasteiger partial charge in [-0.2, -0.15) is 5.10 Å². The Bertz CT molecular complexity index is 469. The average molecular weight is 267 g/mol. The molecule has 0 fully saturated rings. The number of hydrogen-bond donors (Lipinski definition) is 4. The number of urea groups is 1. The SMILES string of the molecule is CCC(C)C(NC(N)=O)C(=O)Nc1n[nH]c(C)c1C. The molecule has 1 heterocycles. The summed E-state index contributed by atoms with van der Waals surface area (Å²) in [5.41, 5.74) is 6.86. The molecule has 2 atom stereocenters. The number of rotatable bonds is 5. The summed E-state index contributed by atoms with van der Waals surface area (Å²) < 4.78 is 0. The number of nitrogens with zero attached hydrogens (tertiary/aromatic N) is 1. The van der Waals surface area contributed by atoms with Gasteiger partial charge in [-0.15, -0.1) is 0 Å². The van der Waals surface area contributed by atoms with Crippen molar-refractivity contribution in [3.05, 3.63) is 11.3 Å². The van der Waals surface area contributed by atoms with E-state index in [-0.39, 0.29) is 11.8 Å². The lowest BCUT2D eigenvalue weighted by molar-refractivity contribution is -0.119. The van der Waals surface area contributed by atoms with E-state index in [1.54, 1.807) is 0 Å². The van der Waals surface area contributed by atoms with Crippen LogP contribution in [0, 0.1) is 19.8 Å². The zero-order valence-corrected chi connectivity index (χ0v) is 11.7. The van der Waals surface area contributed by atoms with Crippen LogP contribution in [-0.2, 0) is 4.79 Å². The van der Waals surface area contributed by atoms with Crippen molar-refractivity contribution in [3.63, 3.8) is 0 Å². The summed E-state index contributed by atoms with van der Waals surface area (Å²) >= 11 is 0. The molecule has 2 unspecified atom stereocenters. The highest BCUT2D eigenvalue weighted by Crippen LogP contribution is 2.16. The van der Waals surface area contributed by atoms with Crippen LogP contribution < -0.4 is 16.4 Å². The van der Waals surface area contributed by atoms with Gasteiger partial charge in [0.15, 0.2) is 5.82 Å². The lowest BCUT2D eigenvalue weighted by Crippen LogP contribution is -2.49. The monoisotopic (exact) mass is 267 g/mol. The first-order valence-electron chi connectivity index (χ1n) is 6.25. The molecule has 0 aliphatic carbocycles. The number of H-pyrrole nitrogens is 1. The molecule has 0 saturated carbocycles. The Kier molecular flexibility index (Phi) is 4.91. The maximum Gasteiger partial charge on any atom is 0.312 e. The molecule has 19 heavy (non-hydrogen) atoms. The molecule has 3 amide bonds. The molecule has 0 aliphatic rings. The second-order valence-corrected chi connectivity index (χ2v) is 4.68. The van der Waals surface area contributed by atoms with Crippen LogP contribution in [0.25, 0.3) is 0 Å². The Balaban J connectivity index is 2.82. The minimum atomic E-state index is -0.713. The molecule has 7 nitrogen and oxygen atoms in total. The van der Waals surface area contributed by atoms with Crippen LogP contribution in [0.15, 0.2) is 0 Å². The lowest BCUT2D eigenvalue weighted by atomic mass is 9.98. The molecule has 0 aliphatic heterocycles. The highest BCUT2D eigenvalue weighted by molar-refractivity contribution is 5.96. The van der Waals surface area contributed by atoms with Gasteiger partial charge in [0.25, 0.3) is 0 Å². The standard InChI is InChI=1S/C12H21N5O2/c1-5-6(2)9(14-12(13)19)11(18)15-10-7(3)8(4)16-17-10/h6,9H,5H2,1-4H3,(H3,13,14,19)(H2,15,16,17,18). The number of nitrogens with two attached hydrogens (primary N) is 1. The zero-order chi connectivity index (χ0) is 14.6. The first kappa shape index (κ1) is 15.0. The van der Waals surface area contributed by atoms with E-state index in [4.69, 9.17) is 5.73 Å². The van der Waals surface area contributed by atoms with E-state index in [9.17, 15) is 9.59 Å². The minimum absolute atomic E-state index is 0.0205. The Labute approximate surface area is 112 Å². The van der Waals surface area contributed by atoms with Gasteiger partial charge in [-0.05, 0) is 19.8 Å². The molecular weight excluding hydrogens is 246 g/mol. The second-order valence-electron chi connectivity index (χ2n) is 4.68. The number of primary amides is 1. The minimum Gasteiger partial charge on any atom is -0.352 e. The highest BCUT2D eigenvalue weighted by atomic mass is 16.2. The second kappa shape index (κ2) is 6.21. The van der Waals surface area contributed by atoms with Crippen LogP contribution in [-0.4, -0.2) is 28.2 Å². The molecule has 0 spiro atoms. The molecule has 106 valence electrons. The third-order valence-electron chi connectivity index (χ3n) is 3.29. The van der Waals surface area contributed by atoms with Gasteiger partial charge >= 0.3 is 6.03 Å². The average Bonchev–Trinajstić information content (AvgIpc) is 2.66. The van der Waals surface area contributed by atoms with Crippen LogP contribution >= 0.6 is 0 Å². The fourth-order valence-corrected chi connectivity index (χ4v) is 1.66. The fourth-order valence-electron chi connectivity index (χ4n) is 1.66. The fraction of sp³-hybridized carbons (Fsp3) is 0.583. The van der Waals surface area contributed by atoms with Crippen molar-refractivity contribution < 1.29 is 9.59 Å². The molecule has 0 saturated heterocycles. The lowest BCUT2D eigenvalue weighted by Gasteiger charge is -2.22. The summed E-state index contributed by atoms with van der Waals surface area (Å²) in [4.78, 5) is 23.1. The number of aromatic nitrogens is 2. The number of aryl methyl sites for hydroxylation is 1. The van der Waals surface area contributed by atoms with Crippen molar-refractivity contribution in [3.8, 4) is 0 Å². The predicted molar refractivity (Wildman–Crippen MR) is 72.7 cm³/mol. The first-order valence-corrected chi connectivity index (χ1v) is 6.25. The number of amides is 3. The zero-order valence-electron chi connectivity index (χ0n) is 11.7. The Morgan fingerprint density at radius 3 is 2.47 bits per heavy atom. The molecule has 5 N–H and O–H groups in total. The summed E-state index contributed by atoms with van der Waals surface area (Å²) in [6.45, 7) is 7.54. The summed E-state index contributed by atoms with van der Waals surface area (Å²) in [7, 11) is 0. The molecule has 1 aromatic heterocycles. The number of aromatic amines is 1. The molecule has 0 bridgehead atoms. The van der Waals surface area contributed by atoms with Gasteiger partial charge in [0, 0.05) is 11.3 Å². The Hall–Kier alpha value is -2.05. The van der Waals surface area contributed by atoms with Crippen LogP contribution in [0.5, 0.6) is 0 Å². The van der Waals surface area contributed by atoms with Crippen molar-refractivity contribution in [2.24, 2.45) is 11.7 Å². The maximum absolute atomic E-state index is 12.2. The molecular formula is C12H21N5O2. The van der Waals surface area contributed by atoms with Crippen LogP contribution in [0.2, 0.25) is 0 Å². The largest absolute Gasteiger partial charge is 0.352 e. The smallest absolute Gasteiger partial charge is 0.312 e. The molecule has 0 aromatic carbocycles. The maximum atomic E-state index is 12.2. The van der Waals surface area contributed by atoms with Crippen LogP contribution in [0.4, 0.5) is 10.6 Å². The van der Waals surface area contributed by atoms with E-state index < -0.39 is 12.1 Å². The summed E-state index contributed by atoms with van der Waals surface area (Å²) in [6.07, 6.45) is 0.747. The highest BCUT2D eigenvalue weighted by Gasteiger charge is 2.26. The normalized spacial score (nSPS) is 13.7. The van der Waals surface area contributed by atoms with E-state index in [1.165, 1.54) is 0 Å². The first-order chi connectivity index (χ1) is 8.86. The number of hydrogen-bond acceptors (Lipinski definition) is 3. The van der Waals surface area contributed by atoms with Gasteiger partial charge in [0.2, 0.25) is 5.91 Å². The van der Waals surface area contributed by atoms with Gasteiger partial charge < -0.3 is 16.4 Å². The van der Waals surface area contributed by atoms with E-state index in [0.717, 1.165) is 17.7 Å². The molecule has 1 rings (SSSR count). The summed E-state index contributed by atoms with van der Waals surface area (Å²) in [6, 6.07) is -1.38. The van der Waals surface area contributed by atoms with Gasteiger partial charge in [0.05, 0.1) is 0 Å². The summed E-state index contributed by atoms with van der Waals surface area (Å²) in [5.74, 6) is 0.137. The molecule has 1 aromatic rings. The van der Waals surface area contributed by atoms with Crippen LogP contribution in [0.1, 0.15) is 31.5 Å².